The fourth-order valence-electron chi connectivity index (χ4n) is 3.19. The van der Waals surface area contributed by atoms with Gasteiger partial charge in [-0.1, -0.05) is 48.2 Å². The summed E-state index contributed by atoms with van der Waals surface area (Å²) in [7, 11) is 1.79. The van der Waals surface area contributed by atoms with Crippen molar-refractivity contribution in [2.75, 3.05) is 20.2 Å². The van der Waals surface area contributed by atoms with Gasteiger partial charge < -0.3 is 14.1 Å². The number of nitrogens with zero attached hydrogens (tertiary/aromatic N) is 3. The molecule has 2 aromatic carbocycles. The van der Waals surface area contributed by atoms with E-state index in [4.69, 9.17) is 9.15 Å². The SMILES string of the molecule is CN(CCCOc1ccccc1)C(=O)c1oc2ccccc2c1CSc1ncccn1. The number of carbonyl (C=O) groups is 1. The number of aromatic nitrogens is 2. The van der Waals surface area contributed by atoms with E-state index in [-0.39, 0.29) is 5.91 Å². The number of benzene rings is 2. The van der Waals surface area contributed by atoms with Crippen LogP contribution in [0.5, 0.6) is 5.75 Å². The molecule has 4 rings (SSSR count). The minimum absolute atomic E-state index is 0.138. The first-order valence-corrected chi connectivity index (χ1v) is 11.0. The van der Waals surface area contributed by atoms with Gasteiger partial charge in [0.15, 0.2) is 10.9 Å². The molecule has 1 amide bonds. The summed E-state index contributed by atoms with van der Waals surface area (Å²) in [5.74, 6) is 1.61. The van der Waals surface area contributed by atoms with Crippen LogP contribution in [0.3, 0.4) is 0 Å². The minimum atomic E-state index is -0.138. The zero-order chi connectivity index (χ0) is 21.5. The molecule has 0 bridgehead atoms. The van der Waals surface area contributed by atoms with Gasteiger partial charge in [0.05, 0.1) is 6.61 Å². The average Bonchev–Trinajstić information content (AvgIpc) is 3.19. The second kappa shape index (κ2) is 10.1. The van der Waals surface area contributed by atoms with Crippen molar-refractivity contribution < 1.29 is 13.9 Å². The van der Waals surface area contributed by atoms with Crippen LogP contribution < -0.4 is 4.74 Å². The summed E-state index contributed by atoms with van der Waals surface area (Å²) in [6.07, 6.45) is 4.14. The summed E-state index contributed by atoms with van der Waals surface area (Å²) >= 11 is 1.48. The lowest BCUT2D eigenvalue weighted by atomic mass is 10.1. The van der Waals surface area contributed by atoms with Crippen LogP contribution in [0.25, 0.3) is 11.0 Å². The maximum Gasteiger partial charge on any atom is 0.289 e. The molecule has 0 aliphatic rings. The van der Waals surface area contributed by atoms with E-state index in [2.05, 4.69) is 9.97 Å². The zero-order valence-electron chi connectivity index (χ0n) is 17.2. The first-order valence-electron chi connectivity index (χ1n) is 10.1. The van der Waals surface area contributed by atoms with Crippen molar-refractivity contribution in [1.82, 2.24) is 14.9 Å². The summed E-state index contributed by atoms with van der Waals surface area (Å²) in [6, 6.07) is 19.2. The zero-order valence-corrected chi connectivity index (χ0v) is 18.0. The van der Waals surface area contributed by atoms with Gasteiger partial charge >= 0.3 is 0 Å². The number of fused-ring (bicyclic) bond motifs is 1. The second-order valence-corrected chi connectivity index (χ2v) is 7.91. The lowest BCUT2D eigenvalue weighted by Gasteiger charge is -2.16. The van der Waals surface area contributed by atoms with Crippen LogP contribution in [-0.4, -0.2) is 41.0 Å². The fraction of sp³-hybridized carbons (Fsp3) is 0.208. The van der Waals surface area contributed by atoms with Crippen LogP contribution in [0, 0.1) is 0 Å². The number of thioether (sulfide) groups is 1. The number of ether oxygens (including phenoxy) is 1. The summed E-state index contributed by atoms with van der Waals surface area (Å²) < 4.78 is 11.7. The molecule has 0 N–H and O–H groups in total. The molecule has 0 saturated heterocycles. The maximum absolute atomic E-state index is 13.2. The highest BCUT2D eigenvalue weighted by Gasteiger charge is 2.23. The highest BCUT2D eigenvalue weighted by Crippen LogP contribution is 2.31. The molecule has 0 unspecified atom stereocenters. The lowest BCUT2D eigenvalue weighted by molar-refractivity contribution is 0.0757. The predicted molar refractivity (Wildman–Crippen MR) is 121 cm³/mol. The van der Waals surface area contributed by atoms with Crippen molar-refractivity contribution in [3.05, 3.63) is 84.4 Å². The number of furan rings is 1. The standard InChI is InChI=1S/C24H23N3O3S/c1-27(15-8-16-29-18-9-3-2-4-10-18)23(28)22-20(17-31-24-25-13-7-14-26-24)19-11-5-6-12-21(19)30-22/h2-7,9-14H,8,15-17H2,1H3. The molecule has 158 valence electrons. The third-order valence-corrected chi connectivity index (χ3v) is 5.68. The number of hydrogen-bond acceptors (Lipinski definition) is 6. The van der Waals surface area contributed by atoms with E-state index >= 15 is 0 Å². The smallest absolute Gasteiger partial charge is 0.289 e. The van der Waals surface area contributed by atoms with Gasteiger partial charge in [0, 0.05) is 42.7 Å². The highest BCUT2D eigenvalue weighted by molar-refractivity contribution is 7.98. The van der Waals surface area contributed by atoms with Gasteiger partial charge in [-0.3, -0.25) is 4.79 Å². The molecular formula is C24H23N3O3S. The van der Waals surface area contributed by atoms with Crippen LogP contribution in [-0.2, 0) is 5.75 Å². The Bertz CT molecular complexity index is 1130. The molecule has 0 aliphatic heterocycles. The van der Waals surface area contributed by atoms with Crippen molar-refractivity contribution in [3.63, 3.8) is 0 Å². The van der Waals surface area contributed by atoms with Gasteiger partial charge in [0.1, 0.15) is 11.3 Å². The Morgan fingerprint density at radius 2 is 1.77 bits per heavy atom. The quantitative estimate of drug-likeness (QED) is 0.209. The minimum Gasteiger partial charge on any atom is -0.494 e. The Labute approximate surface area is 185 Å². The Morgan fingerprint density at radius 3 is 2.58 bits per heavy atom. The van der Waals surface area contributed by atoms with Crippen LogP contribution in [0.15, 0.2) is 82.6 Å². The summed E-state index contributed by atoms with van der Waals surface area (Å²) in [5.41, 5.74) is 1.57. The van der Waals surface area contributed by atoms with Gasteiger partial charge in [0.25, 0.3) is 5.91 Å². The lowest BCUT2D eigenvalue weighted by Crippen LogP contribution is -2.29. The molecular weight excluding hydrogens is 410 g/mol. The van der Waals surface area contributed by atoms with E-state index in [1.54, 1.807) is 30.4 Å². The van der Waals surface area contributed by atoms with Crippen molar-refractivity contribution in [3.8, 4) is 5.75 Å². The van der Waals surface area contributed by atoms with Crippen molar-refractivity contribution >= 4 is 28.6 Å². The molecule has 0 radical (unpaired) electrons. The summed E-state index contributed by atoms with van der Waals surface area (Å²) in [5, 5.41) is 1.60. The molecule has 2 aromatic heterocycles. The van der Waals surface area contributed by atoms with E-state index in [9.17, 15) is 4.79 Å². The number of amides is 1. The second-order valence-electron chi connectivity index (χ2n) is 6.97. The van der Waals surface area contributed by atoms with Gasteiger partial charge in [0.2, 0.25) is 0 Å². The van der Waals surface area contributed by atoms with Crippen LogP contribution in [0.2, 0.25) is 0 Å². The van der Waals surface area contributed by atoms with Crippen molar-refractivity contribution in [1.29, 1.82) is 0 Å². The number of rotatable bonds is 9. The van der Waals surface area contributed by atoms with Gasteiger partial charge in [-0.15, -0.1) is 0 Å². The van der Waals surface area contributed by atoms with Crippen LogP contribution in [0.4, 0.5) is 0 Å². The number of para-hydroxylation sites is 2. The van der Waals surface area contributed by atoms with Gasteiger partial charge in [-0.05, 0) is 30.7 Å². The molecule has 4 aromatic rings. The average molecular weight is 434 g/mol. The third-order valence-electron chi connectivity index (χ3n) is 4.78. The molecule has 0 aliphatic carbocycles. The van der Waals surface area contributed by atoms with E-state index < -0.39 is 0 Å². The van der Waals surface area contributed by atoms with E-state index in [1.807, 2.05) is 54.6 Å². The molecule has 2 heterocycles. The Hall–Kier alpha value is -3.32. The molecule has 0 fully saturated rings. The van der Waals surface area contributed by atoms with Crippen LogP contribution in [0.1, 0.15) is 22.5 Å². The van der Waals surface area contributed by atoms with E-state index in [0.717, 1.165) is 23.1 Å². The first kappa shape index (κ1) is 20.9. The maximum atomic E-state index is 13.2. The topological polar surface area (TPSA) is 68.5 Å². The first-order chi connectivity index (χ1) is 15.2. The third kappa shape index (κ3) is 5.24. The van der Waals surface area contributed by atoms with Crippen molar-refractivity contribution in [2.45, 2.75) is 17.3 Å². The summed E-state index contributed by atoms with van der Waals surface area (Å²) in [4.78, 5) is 23.4. The Morgan fingerprint density at radius 1 is 1.03 bits per heavy atom. The Balaban J connectivity index is 1.43. The van der Waals surface area contributed by atoms with E-state index in [1.165, 1.54) is 11.8 Å². The molecule has 6 nitrogen and oxygen atoms in total. The number of carbonyl (C=O) groups excluding carboxylic acids is 1. The molecule has 7 heteroatoms. The fourth-order valence-corrected chi connectivity index (χ4v) is 4.03. The molecule has 0 spiro atoms. The molecule has 0 saturated carbocycles. The molecule has 0 atom stereocenters. The summed E-state index contributed by atoms with van der Waals surface area (Å²) in [6.45, 7) is 1.10. The van der Waals surface area contributed by atoms with Gasteiger partial charge in [-0.2, -0.15) is 0 Å². The van der Waals surface area contributed by atoms with Crippen molar-refractivity contribution in [2.24, 2.45) is 0 Å². The predicted octanol–water partition coefficient (Wildman–Crippen LogP) is 5.06. The van der Waals surface area contributed by atoms with Crippen LogP contribution >= 0.6 is 11.8 Å². The van der Waals surface area contributed by atoms with E-state index in [0.29, 0.717) is 35.4 Å². The number of hydrogen-bond donors (Lipinski definition) is 0. The normalized spacial score (nSPS) is 10.9. The van der Waals surface area contributed by atoms with Gasteiger partial charge in [-0.25, -0.2) is 9.97 Å². The Kier molecular flexibility index (Phi) is 6.84. The molecule has 31 heavy (non-hydrogen) atoms. The highest BCUT2D eigenvalue weighted by atomic mass is 32.2. The largest absolute Gasteiger partial charge is 0.494 e. The monoisotopic (exact) mass is 433 g/mol.